The molecule has 1 N–H and O–H groups in total. The van der Waals surface area contributed by atoms with Gasteiger partial charge >= 0.3 is 0 Å². The minimum absolute atomic E-state index is 0.141. The zero-order valence-corrected chi connectivity index (χ0v) is 15.4. The lowest BCUT2D eigenvalue weighted by atomic mass is 10.2. The van der Waals surface area contributed by atoms with E-state index < -0.39 is 10.0 Å². The predicted molar refractivity (Wildman–Crippen MR) is 100 cm³/mol. The van der Waals surface area contributed by atoms with Gasteiger partial charge in [-0.05, 0) is 36.8 Å². The molecule has 0 saturated carbocycles. The maximum absolute atomic E-state index is 12.6. The normalized spacial score (nSPS) is 11.5. The smallest absolute Gasteiger partial charge is 0.242 e. The highest BCUT2D eigenvalue weighted by atomic mass is 32.2. The van der Waals surface area contributed by atoms with E-state index in [4.69, 9.17) is 9.47 Å². The van der Waals surface area contributed by atoms with Crippen molar-refractivity contribution >= 4 is 20.9 Å². The molecule has 0 amide bonds. The third-order valence-electron chi connectivity index (χ3n) is 3.80. The van der Waals surface area contributed by atoms with Crippen molar-refractivity contribution in [3.8, 4) is 11.5 Å². The van der Waals surface area contributed by atoms with Gasteiger partial charge in [-0.1, -0.05) is 18.2 Å². The topological polar surface area (TPSA) is 77.5 Å². The van der Waals surface area contributed by atoms with Crippen LogP contribution in [-0.4, -0.2) is 33.7 Å². The standard InChI is InChI=1S/C19H20N2O4S/c1-14-11-15-5-3-8-18(19(15)20-13-14)26(22,23)21-9-10-25-17-7-4-6-16(12-17)24-2/h3-8,11-13,21H,9-10H2,1-2H3. The first-order valence-corrected chi connectivity index (χ1v) is 9.60. The van der Waals surface area contributed by atoms with Crippen LogP contribution in [0.3, 0.4) is 0 Å². The van der Waals surface area contributed by atoms with Gasteiger partial charge in [0.2, 0.25) is 10.0 Å². The van der Waals surface area contributed by atoms with Gasteiger partial charge in [-0.15, -0.1) is 0 Å². The molecule has 0 spiro atoms. The Morgan fingerprint density at radius 1 is 1.08 bits per heavy atom. The molecular weight excluding hydrogens is 352 g/mol. The van der Waals surface area contributed by atoms with Crippen LogP contribution in [0.25, 0.3) is 10.9 Å². The molecule has 7 heteroatoms. The molecule has 1 heterocycles. The van der Waals surface area contributed by atoms with Crippen molar-refractivity contribution in [2.75, 3.05) is 20.3 Å². The Morgan fingerprint density at radius 3 is 2.65 bits per heavy atom. The second-order valence-electron chi connectivity index (χ2n) is 5.77. The number of hydrogen-bond donors (Lipinski definition) is 1. The molecule has 0 aliphatic carbocycles. The number of nitrogens with one attached hydrogen (secondary N) is 1. The van der Waals surface area contributed by atoms with E-state index in [1.54, 1.807) is 37.6 Å². The number of aryl methyl sites for hydroxylation is 1. The van der Waals surface area contributed by atoms with E-state index in [1.807, 2.05) is 31.2 Å². The number of methoxy groups -OCH3 is 1. The van der Waals surface area contributed by atoms with Crippen LogP contribution in [0, 0.1) is 6.92 Å². The molecule has 0 saturated heterocycles. The third-order valence-corrected chi connectivity index (χ3v) is 5.30. The van der Waals surface area contributed by atoms with Gasteiger partial charge in [0.05, 0.1) is 12.6 Å². The zero-order chi connectivity index (χ0) is 18.6. The Labute approximate surface area is 152 Å². The minimum atomic E-state index is -3.68. The van der Waals surface area contributed by atoms with Crippen molar-refractivity contribution < 1.29 is 17.9 Å². The van der Waals surface area contributed by atoms with E-state index in [2.05, 4.69) is 9.71 Å². The van der Waals surface area contributed by atoms with E-state index in [-0.39, 0.29) is 18.0 Å². The summed E-state index contributed by atoms with van der Waals surface area (Å²) in [6.45, 7) is 2.26. The summed E-state index contributed by atoms with van der Waals surface area (Å²) in [5.74, 6) is 1.30. The summed E-state index contributed by atoms with van der Waals surface area (Å²) in [6, 6.07) is 14.2. The summed E-state index contributed by atoms with van der Waals surface area (Å²) in [7, 11) is -2.11. The number of ether oxygens (including phenoxy) is 2. The van der Waals surface area contributed by atoms with Crippen LogP contribution >= 0.6 is 0 Å². The van der Waals surface area contributed by atoms with Gasteiger partial charge in [0.25, 0.3) is 0 Å². The van der Waals surface area contributed by atoms with Crippen LogP contribution in [0.4, 0.5) is 0 Å². The van der Waals surface area contributed by atoms with Gasteiger partial charge in [0.15, 0.2) is 0 Å². The molecule has 0 bridgehead atoms. The first-order valence-electron chi connectivity index (χ1n) is 8.11. The summed E-state index contributed by atoms with van der Waals surface area (Å²) < 4.78 is 38.5. The number of pyridine rings is 1. The van der Waals surface area contributed by atoms with E-state index in [0.717, 1.165) is 10.9 Å². The van der Waals surface area contributed by atoms with Gasteiger partial charge in [-0.3, -0.25) is 4.98 Å². The number of rotatable bonds is 7. The lowest BCUT2D eigenvalue weighted by molar-refractivity contribution is 0.320. The summed E-state index contributed by atoms with van der Waals surface area (Å²) in [6.07, 6.45) is 1.66. The van der Waals surface area contributed by atoms with Crippen LogP contribution in [0.5, 0.6) is 11.5 Å². The maximum Gasteiger partial charge on any atom is 0.242 e. The lowest BCUT2D eigenvalue weighted by Gasteiger charge is -2.11. The van der Waals surface area contributed by atoms with Gasteiger partial charge in [0, 0.05) is 24.2 Å². The molecule has 0 aliphatic rings. The largest absolute Gasteiger partial charge is 0.497 e. The number of para-hydroxylation sites is 1. The zero-order valence-electron chi connectivity index (χ0n) is 14.6. The summed E-state index contributed by atoms with van der Waals surface area (Å²) >= 11 is 0. The van der Waals surface area contributed by atoms with Crippen molar-refractivity contribution in [1.82, 2.24) is 9.71 Å². The highest BCUT2D eigenvalue weighted by molar-refractivity contribution is 7.89. The molecule has 1 aromatic heterocycles. The molecule has 26 heavy (non-hydrogen) atoms. The maximum atomic E-state index is 12.6. The molecule has 3 rings (SSSR count). The SMILES string of the molecule is COc1cccc(OCCNS(=O)(=O)c2cccc3cc(C)cnc23)c1. The minimum Gasteiger partial charge on any atom is -0.497 e. The molecule has 6 nitrogen and oxygen atoms in total. The van der Waals surface area contributed by atoms with Crippen LogP contribution in [0.1, 0.15) is 5.56 Å². The average molecular weight is 372 g/mol. The first kappa shape index (κ1) is 18.2. The molecule has 0 radical (unpaired) electrons. The number of fused-ring (bicyclic) bond motifs is 1. The van der Waals surface area contributed by atoms with Crippen LogP contribution in [0.15, 0.2) is 59.6 Å². The van der Waals surface area contributed by atoms with Crippen molar-refractivity contribution in [2.45, 2.75) is 11.8 Å². The molecule has 136 valence electrons. The summed E-state index contributed by atoms with van der Waals surface area (Å²) in [4.78, 5) is 4.44. The highest BCUT2D eigenvalue weighted by Crippen LogP contribution is 2.22. The number of nitrogens with zero attached hydrogens (tertiary/aromatic N) is 1. The lowest BCUT2D eigenvalue weighted by Crippen LogP contribution is -2.28. The fourth-order valence-electron chi connectivity index (χ4n) is 2.57. The molecular formula is C19H20N2O4S. The third kappa shape index (κ3) is 4.12. The Kier molecular flexibility index (Phi) is 5.39. The predicted octanol–water partition coefficient (Wildman–Crippen LogP) is 2.91. The fraction of sp³-hybridized carbons (Fsp3) is 0.211. The number of aromatic nitrogens is 1. The van der Waals surface area contributed by atoms with Crippen molar-refractivity contribution in [3.63, 3.8) is 0 Å². The molecule has 0 fully saturated rings. The fourth-order valence-corrected chi connectivity index (χ4v) is 3.76. The van der Waals surface area contributed by atoms with Crippen molar-refractivity contribution in [3.05, 3.63) is 60.3 Å². The second-order valence-corrected chi connectivity index (χ2v) is 7.50. The molecule has 2 aromatic carbocycles. The molecule has 0 aliphatic heterocycles. The van der Waals surface area contributed by atoms with E-state index in [9.17, 15) is 8.42 Å². The highest BCUT2D eigenvalue weighted by Gasteiger charge is 2.17. The number of hydrogen-bond acceptors (Lipinski definition) is 5. The quantitative estimate of drug-likeness (QED) is 0.645. The van der Waals surface area contributed by atoms with Crippen molar-refractivity contribution in [2.24, 2.45) is 0 Å². The Balaban J connectivity index is 1.68. The van der Waals surface area contributed by atoms with Gasteiger partial charge in [-0.25, -0.2) is 13.1 Å². The Bertz CT molecular complexity index is 1020. The van der Waals surface area contributed by atoms with Crippen LogP contribution in [-0.2, 0) is 10.0 Å². The summed E-state index contributed by atoms with van der Waals surface area (Å²) in [5, 5.41) is 0.792. The number of sulfonamides is 1. The molecule has 3 aromatic rings. The molecule has 0 unspecified atom stereocenters. The van der Waals surface area contributed by atoms with Gasteiger partial charge in [0.1, 0.15) is 23.0 Å². The van der Waals surface area contributed by atoms with Crippen LogP contribution < -0.4 is 14.2 Å². The monoisotopic (exact) mass is 372 g/mol. The van der Waals surface area contributed by atoms with Crippen molar-refractivity contribution in [1.29, 1.82) is 0 Å². The van der Waals surface area contributed by atoms with Gasteiger partial charge in [-0.2, -0.15) is 0 Å². The Morgan fingerprint density at radius 2 is 1.85 bits per heavy atom. The summed E-state index contributed by atoms with van der Waals surface area (Å²) in [5.41, 5.74) is 1.44. The van der Waals surface area contributed by atoms with E-state index in [0.29, 0.717) is 17.0 Å². The van der Waals surface area contributed by atoms with Crippen LogP contribution in [0.2, 0.25) is 0 Å². The average Bonchev–Trinajstić information content (AvgIpc) is 2.64. The van der Waals surface area contributed by atoms with E-state index in [1.165, 1.54) is 0 Å². The van der Waals surface area contributed by atoms with Gasteiger partial charge < -0.3 is 9.47 Å². The second kappa shape index (κ2) is 7.72. The molecule has 0 atom stereocenters. The number of benzene rings is 2. The first-order chi connectivity index (χ1) is 12.5. The Hall–Kier alpha value is -2.64. The van der Waals surface area contributed by atoms with E-state index >= 15 is 0 Å².